The van der Waals surface area contributed by atoms with Crippen molar-refractivity contribution in [3.05, 3.63) is 24.0 Å². The van der Waals surface area contributed by atoms with Gasteiger partial charge in [0.05, 0.1) is 5.41 Å². The lowest BCUT2D eigenvalue weighted by atomic mass is 9.92. The molecule has 0 aliphatic carbocycles. The van der Waals surface area contributed by atoms with E-state index in [1.807, 2.05) is 0 Å². The third-order valence-corrected chi connectivity index (χ3v) is 2.53. The number of hydrogen-bond donors (Lipinski definition) is 2. The number of halogens is 3. The highest BCUT2D eigenvalue weighted by Crippen LogP contribution is 2.24. The molecule has 7 heteroatoms. The molecule has 4 nitrogen and oxygen atoms in total. The third kappa shape index (κ3) is 4.13. The molecular weight excluding hydrogens is 261 g/mol. The third-order valence-electron chi connectivity index (χ3n) is 2.53. The second kappa shape index (κ2) is 5.92. The Balaban J connectivity index is 2.82. The van der Waals surface area contributed by atoms with Gasteiger partial charge in [-0.05, 0) is 26.0 Å². The van der Waals surface area contributed by atoms with Gasteiger partial charge in [-0.3, -0.25) is 4.79 Å². The summed E-state index contributed by atoms with van der Waals surface area (Å²) in [4.78, 5) is 11.8. The summed E-state index contributed by atoms with van der Waals surface area (Å²) in [5, 5.41) is 2.45. The van der Waals surface area contributed by atoms with Crippen molar-refractivity contribution in [2.75, 3.05) is 11.9 Å². The fourth-order valence-corrected chi connectivity index (χ4v) is 1.16. The van der Waals surface area contributed by atoms with Crippen molar-refractivity contribution in [2.45, 2.75) is 20.5 Å². The highest BCUT2D eigenvalue weighted by molar-refractivity contribution is 5.95. The van der Waals surface area contributed by atoms with Crippen molar-refractivity contribution in [2.24, 2.45) is 11.1 Å². The van der Waals surface area contributed by atoms with Crippen LogP contribution in [0, 0.1) is 11.2 Å². The number of nitrogens with two attached hydrogens (primary N) is 1. The first kappa shape index (κ1) is 15.3. The summed E-state index contributed by atoms with van der Waals surface area (Å²) in [7, 11) is 0. The zero-order valence-corrected chi connectivity index (χ0v) is 10.5. The van der Waals surface area contributed by atoms with Gasteiger partial charge in [0, 0.05) is 18.3 Å². The van der Waals surface area contributed by atoms with Crippen molar-refractivity contribution in [3.8, 4) is 5.75 Å². The molecule has 3 N–H and O–H groups in total. The van der Waals surface area contributed by atoms with E-state index < -0.39 is 29.5 Å². The molecule has 0 saturated carbocycles. The second-order valence-electron chi connectivity index (χ2n) is 4.57. The second-order valence-corrected chi connectivity index (χ2v) is 4.57. The maximum Gasteiger partial charge on any atom is 0.387 e. The molecule has 0 radical (unpaired) electrons. The first-order valence-corrected chi connectivity index (χ1v) is 5.52. The van der Waals surface area contributed by atoms with E-state index in [1.165, 1.54) is 6.07 Å². The van der Waals surface area contributed by atoms with Crippen LogP contribution in [0.2, 0.25) is 0 Å². The molecular formula is C12H15F3N2O2. The van der Waals surface area contributed by atoms with Crippen LogP contribution in [0.25, 0.3) is 0 Å². The van der Waals surface area contributed by atoms with Crippen LogP contribution in [-0.2, 0) is 4.79 Å². The van der Waals surface area contributed by atoms with E-state index in [1.54, 1.807) is 13.8 Å². The van der Waals surface area contributed by atoms with Crippen LogP contribution in [0.4, 0.5) is 18.9 Å². The Bertz CT molecular complexity index is 464. The summed E-state index contributed by atoms with van der Waals surface area (Å²) < 4.78 is 41.2. The number of nitrogens with one attached hydrogen (secondary N) is 1. The van der Waals surface area contributed by atoms with E-state index in [9.17, 15) is 18.0 Å². The summed E-state index contributed by atoms with van der Waals surface area (Å²) in [6, 6.07) is 3.19. The van der Waals surface area contributed by atoms with Gasteiger partial charge in [-0.1, -0.05) is 0 Å². The van der Waals surface area contributed by atoms with E-state index in [0.717, 1.165) is 12.1 Å². The predicted octanol–water partition coefficient (Wildman–Crippen LogP) is 2.35. The predicted molar refractivity (Wildman–Crippen MR) is 64.5 cm³/mol. The van der Waals surface area contributed by atoms with Gasteiger partial charge in [-0.2, -0.15) is 8.78 Å². The lowest BCUT2D eigenvalue weighted by molar-refractivity contribution is -0.123. The van der Waals surface area contributed by atoms with Crippen LogP contribution in [0.1, 0.15) is 13.8 Å². The summed E-state index contributed by atoms with van der Waals surface area (Å²) in [5.74, 6) is -1.95. The van der Waals surface area contributed by atoms with Crippen LogP contribution >= 0.6 is 0 Å². The van der Waals surface area contributed by atoms with E-state index >= 15 is 0 Å². The molecule has 0 saturated heterocycles. The fraction of sp³-hybridized carbons (Fsp3) is 0.417. The van der Waals surface area contributed by atoms with Crippen molar-refractivity contribution in [1.29, 1.82) is 0 Å². The Morgan fingerprint density at radius 2 is 2.11 bits per heavy atom. The number of rotatable bonds is 5. The quantitative estimate of drug-likeness (QED) is 0.867. The first-order chi connectivity index (χ1) is 8.76. The van der Waals surface area contributed by atoms with Gasteiger partial charge < -0.3 is 15.8 Å². The fourth-order valence-electron chi connectivity index (χ4n) is 1.16. The maximum absolute atomic E-state index is 13.4. The zero-order valence-electron chi connectivity index (χ0n) is 10.5. The van der Waals surface area contributed by atoms with Gasteiger partial charge >= 0.3 is 6.61 Å². The Kier molecular flexibility index (Phi) is 4.77. The average Bonchev–Trinajstić information content (AvgIpc) is 2.32. The standard InChI is InChI=1S/C12H15F3N2O2/c1-12(2,6-16)10(18)17-7-3-4-9(8(13)5-7)19-11(14)15/h3-5,11H,6,16H2,1-2H3,(H,17,18). The molecule has 0 aromatic heterocycles. The van der Waals surface area contributed by atoms with Crippen LogP contribution in [0.5, 0.6) is 5.75 Å². The topological polar surface area (TPSA) is 64.4 Å². The van der Waals surface area contributed by atoms with Crippen molar-refractivity contribution in [1.82, 2.24) is 0 Å². The van der Waals surface area contributed by atoms with Crippen molar-refractivity contribution in [3.63, 3.8) is 0 Å². The molecule has 0 fully saturated rings. The number of carbonyl (C=O) groups excluding carboxylic acids is 1. The maximum atomic E-state index is 13.4. The van der Waals surface area contributed by atoms with Gasteiger partial charge in [-0.15, -0.1) is 0 Å². The van der Waals surface area contributed by atoms with Crippen LogP contribution in [-0.4, -0.2) is 19.1 Å². The van der Waals surface area contributed by atoms with Crippen molar-refractivity contribution >= 4 is 11.6 Å². The molecule has 19 heavy (non-hydrogen) atoms. The highest BCUT2D eigenvalue weighted by Gasteiger charge is 2.26. The Morgan fingerprint density at radius 3 is 2.58 bits per heavy atom. The number of anilines is 1. The molecule has 0 heterocycles. The molecule has 0 aliphatic heterocycles. The smallest absolute Gasteiger partial charge is 0.387 e. The van der Waals surface area contributed by atoms with Gasteiger partial charge in [-0.25, -0.2) is 4.39 Å². The molecule has 106 valence electrons. The number of amides is 1. The molecule has 1 aromatic rings. The average molecular weight is 276 g/mol. The van der Waals surface area contributed by atoms with Gasteiger partial charge in [0.2, 0.25) is 5.91 Å². The number of benzene rings is 1. The number of alkyl halides is 2. The van der Waals surface area contributed by atoms with E-state index in [-0.39, 0.29) is 12.2 Å². The Hall–Kier alpha value is -1.76. The summed E-state index contributed by atoms with van der Waals surface area (Å²) in [5.41, 5.74) is 4.76. The minimum atomic E-state index is -3.11. The lowest BCUT2D eigenvalue weighted by Gasteiger charge is -2.21. The SMILES string of the molecule is CC(C)(CN)C(=O)Nc1ccc(OC(F)F)c(F)c1. The normalized spacial score (nSPS) is 11.5. The van der Waals surface area contributed by atoms with Gasteiger partial charge in [0.25, 0.3) is 0 Å². The summed E-state index contributed by atoms with van der Waals surface area (Å²) in [6.45, 7) is 0.277. The molecule has 1 aromatic carbocycles. The summed E-state index contributed by atoms with van der Waals surface area (Å²) in [6.07, 6.45) is 0. The van der Waals surface area contributed by atoms with Gasteiger partial charge in [0.15, 0.2) is 11.6 Å². The Morgan fingerprint density at radius 1 is 1.47 bits per heavy atom. The van der Waals surface area contributed by atoms with E-state index in [0.29, 0.717) is 0 Å². The lowest BCUT2D eigenvalue weighted by Crippen LogP contribution is -2.37. The zero-order chi connectivity index (χ0) is 14.6. The Labute approximate surface area is 108 Å². The minimum Gasteiger partial charge on any atom is -0.432 e. The van der Waals surface area contributed by atoms with Gasteiger partial charge in [0.1, 0.15) is 0 Å². The molecule has 1 rings (SSSR count). The first-order valence-electron chi connectivity index (χ1n) is 5.52. The van der Waals surface area contributed by atoms with Crippen LogP contribution in [0.15, 0.2) is 18.2 Å². The minimum absolute atomic E-state index is 0.119. The van der Waals surface area contributed by atoms with E-state index in [4.69, 9.17) is 5.73 Å². The summed E-state index contributed by atoms with van der Waals surface area (Å²) >= 11 is 0. The molecule has 0 atom stereocenters. The molecule has 0 spiro atoms. The highest BCUT2D eigenvalue weighted by atomic mass is 19.3. The number of hydrogen-bond acceptors (Lipinski definition) is 3. The molecule has 1 amide bonds. The molecule has 0 bridgehead atoms. The molecule has 0 aliphatic rings. The van der Waals surface area contributed by atoms with E-state index in [2.05, 4.69) is 10.1 Å². The molecule has 0 unspecified atom stereocenters. The monoisotopic (exact) mass is 276 g/mol. The number of carbonyl (C=O) groups is 1. The van der Waals surface area contributed by atoms with Crippen LogP contribution < -0.4 is 15.8 Å². The largest absolute Gasteiger partial charge is 0.432 e. The van der Waals surface area contributed by atoms with Crippen LogP contribution in [0.3, 0.4) is 0 Å². The number of ether oxygens (including phenoxy) is 1. The van der Waals surface area contributed by atoms with Crippen molar-refractivity contribution < 1.29 is 22.7 Å².